The molecule has 1 aromatic heterocycles. The molecule has 2 fully saturated rings. The average Bonchev–Trinajstić information content (AvgIpc) is 3.60. The summed E-state index contributed by atoms with van der Waals surface area (Å²) in [4.78, 5) is 31.6. The van der Waals surface area contributed by atoms with Crippen molar-refractivity contribution < 1.29 is 14.0 Å². The number of piperidine rings is 1. The van der Waals surface area contributed by atoms with Gasteiger partial charge in [0.25, 0.3) is 5.91 Å². The Morgan fingerprint density at radius 2 is 1.74 bits per heavy atom. The zero-order valence-electron chi connectivity index (χ0n) is 19.8. The molecule has 35 heavy (non-hydrogen) atoms. The van der Waals surface area contributed by atoms with E-state index in [0.29, 0.717) is 25.2 Å². The molecule has 0 radical (unpaired) electrons. The molecule has 1 spiro atoms. The first-order chi connectivity index (χ1) is 17.0. The molecule has 5 nitrogen and oxygen atoms in total. The van der Waals surface area contributed by atoms with Crippen LogP contribution in [0.25, 0.3) is 11.1 Å². The van der Waals surface area contributed by atoms with Crippen molar-refractivity contribution in [3.8, 4) is 11.1 Å². The van der Waals surface area contributed by atoms with E-state index in [-0.39, 0.29) is 29.0 Å². The predicted molar refractivity (Wildman–Crippen MR) is 133 cm³/mol. The number of aromatic nitrogens is 1. The van der Waals surface area contributed by atoms with Gasteiger partial charge in [0.2, 0.25) is 5.91 Å². The van der Waals surface area contributed by atoms with E-state index in [1.165, 1.54) is 17.7 Å². The van der Waals surface area contributed by atoms with Crippen molar-refractivity contribution in [2.75, 3.05) is 19.6 Å². The number of nitrogens with one attached hydrogen (secondary N) is 1. The number of aryl methyl sites for hydroxylation is 1. The minimum Gasteiger partial charge on any atom is -0.356 e. The van der Waals surface area contributed by atoms with Gasteiger partial charge in [-0.3, -0.25) is 14.6 Å². The number of halogens is 1. The maximum Gasteiger partial charge on any atom is 0.253 e. The lowest BCUT2D eigenvalue weighted by Gasteiger charge is -2.33. The second-order valence-electron chi connectivity index (χ2n) is 9.75. The van der Waals surface area contributed by atoms with E-state index >= 15 is 0 Å². The molecule has 6 heteroatoms. The fourth-order valence-corrected chi connectivity index (χ4v) is 5.26. The summed E-state index contributed by atoms with van der Waals surface area (Å²) in [6.07, 6.45) is 8.09. The summed E-state index contributed by atoms with van der Waals surface area (Å²) in [6.45, 7) is 2.04. The summed E-state index contributed by atoms with van der Waals surface area (Å²) in [5.41, 5.74) is 3.61. The van der Waals surface area contributed by atoms with Crippen molar-refractivity contribution in [1.82, 2.24) is 15.2 Å². The first-order valence-corrected chi connectivity index (χ1v) is 12.4. The first kappa shape index (κ1) is 23.2. The Morgan fingerprint density at radius 3 is 2.46 bits per heavy atom. The predicted octanol–water partition coefficient (Wildman–Crippen LogP) is 4.88. The Morgan fingerprint density at radius 1 is 1.00 bits per heavy atom. The van der Waals surface area contributed by atoms with Crippen LogP contribution in [-0.2, 0) is 11.2 Å². The molecule has 1 aliphatic carbocycles. The molecular formula is C29H30FN3O2. The smallest absolute Gasteiger partial charge is 0.253 e. The van der Waals surface area contributed by atoms with Gasteiger partial charge in [-0.15, -0.1) is 0 Å². The van der Waals surface area contributed by atoms with E-state index in [0.717, 1.165) is 43.2 Å². The summed E-state index contributed by atoms with van der Waals surface area (Å²) in [5, 5.41) is 3.11. The average molecular weight is 472 g/mol. The summed E-state index contributed by atoms with van der Waals surface area (Å²) in [5.74, 6) is -0.0241. The minimum absolute atomic E-state index is 0.0170. The number of carbonyl (C=O) groups excluding carboxylic acids is 2. The lowest BCUT2D eigenvalue weighted by molar-refractivity contribution is -0.123. The SMILES string of the molecule is O=C(NCCCc1ccncc1)[C@@H]1CC12CCN(C(=O)c1ccc(-c3cccc(F)c3)cc1)CC2. The molecule has 0 unspecified atom stereocenters. The highest BCUT2D eigenvalue weighted by atomic mass is 19.1. The largest absolute Gasteiger partial charge is 0.356 e. The molecule has 5 rings (SSSR count). The lowest BCUT2D eigenvalue weighted by atomic mass is 9.90. The normalized spacial score (nSPS) is 18.3. The van der Waals surface area contributed by atoms with Crippen LogP contribution in [0.5, 0.6) is 0 Å². The molecule has 1 saturated carbocycles. The van der Waals surface area contributed by atoms with Gasteiger partial charge in [0, 0.05) is 43.5 Å². The number of carbonyl (C=O) groups is 2. The van der Waals surface area contributed by atoms with Gasteiger partial charge in [-0.2, -0.15) is 0 Å². The van der Waals surface area contributed by atoms with E-state index in [9.17, 15) is 14.0 Å². The van der Waals surface area contributed by atoms with Crippen LogP contribution in [0.4, 0.5) is 4.39 Å². The summed E-state index contributed by atoms with van der Waals surface area (Å²) in [7, 11) is 0. The van der Waals surface area contributed by atoms with Crippen molar-refractivity contribution in [2.45, 2.75) is 32.1 Å². The quantitative estimate of drug-likeness (QED) is 0.500. The molecule has 3 aromatic rings. The molecule has 1 N–H and O–H groups in total. The van der Waals surface area contributed by atoms with Crippen LogP contribution in [-0.4, -0.2) is 41.3 Å². The molecule has 1 saturated heterocycles. The van der Waals surface area contributed by atoms with Gasteiger partial charge in [-0.1, -0.05) is 24.3 Å². The zero-order chi connectivity index (χ0) is 24.3. The maximum absolute atomic E-state index is 13.5. The Balaban J connectivity index is 1.08. The Hall–Kier alpha value is -3.54. The van der Waals surface area contributed by atoms with Gasteiger partial charge in [0.05, 0.1) is 0 Å². The van der Waals surface area contributed by atoms with Gasteiger partial charge in [0.15, 0.2) is 0 Å². The van der Waals surface area contributed by atoms with Crippen molar-refractivity contribution in [3.63, 3.8) is 0 Å². The van der Waals surface area contributed by atoms with Crippen LogP contribution in [0, 0.1) is 17.2 Å². The minimum atomic E-state index is -0.276. The van der Waals surface area contributed by atoms with Crippen molar-refractivity contribution >= 4 is 11.8 Å². The zero-order valence-corrected chi connectivity index (χ0v) is 19.8. The summed E-state index contributed by atoms with van der Waals surface area (Å²) < 4.78 is 13.5. The second-order valence-corrected chi connectivity index (χ2v) is 9.75. The van der Waals surface area contributed by atoms with Gasteiger partial charge in [0.1, 0.15) is 5.82 Å². The van der Waals surface area contributed by atoms with E-state index < -0.39 is 0 Å². The standard InChI is InChI=1S/C29H30FN3O2/c30-25-5-1-4-24(19-25)22-6-8-23(9-7-22)28(35)33-17-12-29(13-18-33)20-26(29)27(34)32-14-2-3-21-10-15-31-16-11-21/h1,4-11,15-16,19,26H,2-3,12-14,17-18,20H2,(H,32,34)/t26-/m0/s1. The monoisotopic (exact) mass is 471 g/mol. The first-order valence-electron chi connectivity index (χ1n) is 12.4. The molecule has 2 heterocycles. The molecule has 2 aliphatic rings. The Bertz CT molecular complexity index is 1190. The van der Waals surface area contributed by atoms with Gasteiger partial charge in [-0.05, 0) is 90.6 Å². The van der Waals surface area contributed by atoms with Gasteiger partial charge < -0.3 is 10.2 Å². The van der Waals surface area contributed by atoms with Crippen LogP contribution >= 0.6 is 0 Å². The lowest BCUT2D eigenvalue weighted by Crippen LogP contribution is -2.40. The Labute approximate surface area is 205 Å². The highest BCUT2D eigenvalue weighted by Gasteiger charge is 2.58. The number of hydrogen-bond donors (Lipinski definition) is 1. The van der Waals surface area contributed by atoms with Crippen LogP contribution < -0.4 is 5.32 Å². The molecule has 1 atom stereocenters. The molecule has 2 aromatic carbocycles. The molecule has 2 amide bonds. The third-order valence-electron chi connectivity index (χ3n) is 7.53. The number of likely N-dealkylation sites (tertiary alicyclic amines) is 1. The van der Waals surface area contributed by atoms with Crippen LogP contribution in [0.2, 0.25) is 0 Å². The van der Waals surface area contributed by atoms with Crippen LogP contribution in [0.15, 0.2) is 73.1 Å². The maximum atomic E-state index is 13.5. The highest BCUT2D eigenvalue weighted by Crippen LogP contribution is 2.59. The fourth-order valence-electron chi connectivity index (χ4n) is 5.26. The van der Waals surface area contributed by atoms with Crippen molar-refractivity contribution in [2.24, 2.45) is 11.3 Å². The number of nitrogens with zero attached hydrogens (tertiary/aromatic N) is 2. The summed E-state index contributed by atoms with van der Waals surface area (Å²) >= 11 is 0. The van der Waals surface area contributed by atoms with Crippen LogP contribution in [0.1, 0.15) is 41.6 Å². The van der Waals surface area contributed by atoms with E-state index in [4.69, 9.17) is 0 Å². The van der Waals surface area contributed by atoms with E-state index in [1.54, 1.807) is 18.5 Å². The number of amides is 2. The van der Waals surface area contributed by atoms with Gasteiger partial charge in [-0.25, -0.2) is 4.39 Å². The number of benzene rings is 2. The third kappa shape index (κ3) is 5.26. The molecule has 1 aliphatic heterocycles. The van der Waals surface area contributed by atoms with Crippen molar-refractivity contribution in [3.05, 3.63) is 90.0 Å². The number of hydrogen-bond acceptors (Lipinski definition) is 3. The number of rotatable bonds is 7. The summed E-state index contributed by atoms with van der Waals surface area (Å²) in [6, 6.07) is 17.8. The van der Waals surface area contributed by atoms with Crippen LogP contribution in [0.3, 0.4) is 0 Å². The topological polar surface area (TPSA) is 62.3 Å². The third-order valence-corrected chi connectivity index (χ3v) is 7.53. The second kappa shape index (κ2) is 9.98. The van der Waals surface area contributed by atoms with Crippen molar-refractivity contribution in [1.29, 1.82) is 0 Å². The van der Waals surface area contributed by atoms with E-state index in [1.807, 2.05) is 47.4 Å². The number of pyridine rings is 1. The fraction of sp³-hybridized carbons (Fsp3) is 0.345. The highest BCUT2D eigenvalue weighted by molar-refractivity contribution is 5.95. The Kier molecular flexibility index (Phi) is 6.62. The molecule has 0 bridgehead atoms. The van der Waals surface area contributed by atoms with E-state index in [2.05, 4.69) is 10.3 Å². The molecule has 180 valence electrons. The van der Waals surface area contributed by atoms with Gasteiger partial charge >= 0.3 is 0 Å². The molecular weight excluding hydrogens is 441 g/mol.